The Kier molecular flexibility index (Phi) is 10.8. The number of rotatable bonds is 14. The summed E-state index contributed by atoms with van der Waals surface area (Å²) in [5, 5.41) is 32.8. The quantitative estimate of drug-likeness (QED) is 0.110. The van der Waals surface area contributed by atoms with Crippen LogP contribution < -0.4 is 14.2 Å². The Bertz CT molecular complexity index is 1520. The molecule has 4 aromatic rings. The fourth-order valence-electron chi connectivity index (χ4n) is 4.18. The van der Waals surface area contributed by atoms with E-state index in [4.69, 9.17) is 18.9 Å². The Morgan fingerprint density at radius 2 is 1.07 bits per heavy atom. The first kappa shape index (κ1) is 31.9. The molecule has 1 unspecified atom stereocenters. The second-order valence-electron chi connectivity index (χ2n) is 10.0. The number of aromatic nitrogens is 3. The van der Waals surface area contributed by atoms with E-state index in [0.717, 1.165) is 25.7 Å². The second-order valence-corrected chi connectivity index (χ2v) is 10.0. The molecule has 11 heteroatoms. The summed E-state index contributed by atoms with van der Waals surface area (Å²) in [7, 11) is 1.26. The van der Waals surface area contributed by atoms with E-state index in [9.17, 15) is 20.1 Å². The molecule has 44 heavy (non-hydrogen) atoms. The lowest BCUT2D eigenvalue weighted by atomic mass is 10.1. The van der Waals surface area contributed by atoms with Crippen LogP contribution in [0.2, 0.25) is 0 Å². The molecule has 0 fully saturated rings. The zero-order valence-corrected chi connectivity index (χ0v) is 25.2. The van der Waals surface area contributed by atoms with Gasteiger partial charge in [-0.3, -0.25) is 0 Å². The Hall–Kier alpha value is -5.06. The van der Waals surface area contributed by atoms with E-state index in [1.165, 1.54) is 38.3 Å². The van der Waals surface area contributed by atoms with Crippen LogP contribution in [0.3, 0.4) is 0 Å². The monoisotopic (exact) mass is 603 g/mol. The van der Waals surface area contributed by atoms with Gasteiger partial charge >= 0.3 is 5.97 Å². The van der Waals surface area contributed by atoms with Crippen molar-refractivity contribution in [3.05, 3.63) is 54.6 Å². The van der Waals surface area contributed by atoms with Crippen LogP contribution in [0, 0.1) is 0 Å². The van der Waals surface area contributed by atoms with Gasteiger partial charge in [0.1, 0.15) is 34.5 Å². The largest absolute Gasteiger partial charge is 0.507 e. The van der Waals surface area contributed by atoms with Crippen LogP contribution >= 0.6 is 0 Å². The number of aromatic hydroxyl groups is 3. The van der Waals surface area contributed by atoms with Crippen LogP contribution in [-0.4, -0.2) is 62.7 Å². The molecule has 1 heterocycles. The number of phenolic OH excluding ortho intramolecular Hbond substituents is 3. The van der Waals surface area contributed by atoms with Crippen LogP contribution in [0.4, 0.5) is 0 Å². The van der Waals surface area contributed by atoms with Crippen molar-refractivity contribution < 1.29 is 39.1 Å². The maximum Gasteiger partial charge on any atom is 0.346 e. The second kappa shape index (κ2) is 14.9. The Morgan fingerprint density at radius 3 is 1.43 bits per heavy atom. The normalized spacial score (nSPS) is 11.5. The van der Waals surface area contributed by atoms with Gasteiger partial charge in [0.2, 0.25) is 0 Å². The van der Waals surface area contributed by atoms with Gasteiger partial charge in [-0.1, -0.05) is 26.7 Å². The van der Waals surface area contributed by atoms with E-state index < -0.39 is 12.1 Å². The van der Waals surface area contributed by atoms with Crippen molar-refractivity contribution in [1.29, 1.82) is 0 Å². The van der Waals surface area contributed by atoms with Crippen molar-refractivity contribution in [1.82, 2.24) is 15.0 Å². The van der Waals surface area contributed by atoms with Crippen molar-refractivity contribution in [3.63, 3.8) is 0 Å². The summed E-state index contributed by atoms with van der Waals surface area (Å²) in [6.45, 7) is 6.69. The molecule has 0 spiro atoms. The predicted molar refractivity (Wildman–Crippen MR) is 164 cm³/mol. The molecule has 1 atom stereocenters. The highest BCUT2D eigenvalue weighted by molar-refractivity contribution is 5.76. The fraction of sp³-hybridized carbons (Fsp3) is 0.333. The lowest BCUT2D eigenvalue weighted by molar-refractivity contribution is -0.147. The Labute approximate surface area is 256 Å². The van der Waals surface area contributed by atoms with Crippen molar-refractivity contribution >= 4 is 5.97 Å². The highest BCUT2D eigenvalue weighted by Gasteiger charge is 2.20. The van der Waals surface area contributed by atoms with Gasteiger partial charge < -0.3 is 34.3 Å². The lowest BCUT2D eigenvalue weighted by Crippen LogP contribution is -2.24. The number of nitrogens with zero attached hydrogens (tertiary/aromatic N) is 3. The summed E-state index contributed by atoms with van der Waals surface area (Å²) in [6.07, 6.45) is 2.81. The zero-order chi connectivity index (χ0) is 31.6. The molecule has 0 amide bonds. The minimum absolute atomic E-state index is 0.0698. The molecule has 3 aromatic carbocycles. The Morgan fingerprint density at radius 1 is 0.682 bits per heavy atom. The topological polar surface area (TPSA) is 153 Å². The number of hydrogen-bond donors (Lipinski definition) is 3. The number of carbonyl (C=O) groups is 1. The average molecular weight is 604 g/mol. The van der Waals surface area contributed by atoms with Crippen LogP contribution in [0.5, 0.6) is 34.5 Å². The first-order valence-electron chi connectivity index (χ1n) is 14.5. The third-order valence-electron chi connectivity index (χ3n) is 6.64. The minimum Gasteiger partial charge on any atom is -0.507 e. The lowest BCUT2D eigenvalue weighted by Gasteiger charge is -2.14. The molecule has 1 aromatic heterocycles. The molecular formula is C33H37N3O8. The van der Waals surface area contributed by atoms with Crippen LogP contribution in [0.1, 0.15) is 46.5 Å². The maximum atomic E-state index is 11.8. The molecule has 0 bridgehead atoms. The van der Waals surface area contributed by atoms with Crippen LogP contribution in [0.25, 0.3) is 34.2 Å². The molecule has 11 nitrogen and oxygen atoms in total. The van der Waals surface area contributed by atoms with Crippen molar-refractivity contribution in [3.8, 4) is 68.7 Å². The highest BCUT2D eigenvalue weighted by Crippen LogP contribution is 2.37. The molecule has 4 rings (SSSR count). The third kappa shape index (κ3) is 7.85. The summed E-state index contributed by atoms with van der Waals surface area (Å²) in [6, 6.07) is 14.1. The van der Waals surface area contributed by atoms with Crippen molar-refractivity contribution in [2.45, 2.75) is 52.6 Å². The molecule has 0 aliphatic rings. The molecule has 232 valence electrons. The number of carbonyl (C=O) groups excluding carboxylic acids is 1. The predicted octanol–water partition coefficient (Wildman–Crippen LogP) is 6.29. The Balaban J connectivity index is 1.77. The SMILES string of the molecule is CCCCOc1ccc(-c2nc(-c3ccc(OCCCC)cc3O)nc(-c3ccc(OC(C)C(=O)OC)cc3O)n2)c(O)c1. The third-order valence-corrected chi connectivity index (χ3v) is 6.64. The number of esters is 1. The van der Waals surface area contributed by atoms with Crippen LogP contribution in [0.15, 0.2) is 54.6 Å². The smallest absolute Gasteiger partial charge is 0.346 e. The van der Waals surface area contributed by atoms with Gasteiger partial charge in [-0.2, -0.15) is 0 Å². The number of benzene rings is 3. The minimum atomic E-state index is -0.894. The van der Waals surface area contributed by atoms with Gasteiger partial charge in [-0.25, -0.2) is 19.7 Å². The van der Waals surface area contributed by atoms with Gasteiger partial charge in [0.25, 0.3) is 0 Å². The van der Waals surface area contributed by atoms with E-state index in [2.05, 4.69) is 28.8 Å². The standard InChI is InChI=1S/C33H37N3O8/c1-5-7-15-42-21-9-12-24(27(37)17-21)30-34-31(25-13-10-22(18-28(25)38)43-16-8-6-2)36-32(35-30)26-14-11-23(19-29(26)39)44-20(3)33(40)41-4/h9-14,17-20,37-39H,5-8,15-16H2,1-4H3. The highest BCUT2D eigenvalue weighted by atomic mass is 16.6. The van der Waals surface area contributed by atoms with E-state index >= 15 is 0 Å². The fourth-order valence-corrected chi connectivity index (χ4v) is 4.18. The van der Waals surface area contributed by atoms with Gasteiger partial charge in [0.05, 0.1) is 37.0 Å². The first-order valence-corrected chi connectivity index (χ1v) is 14.5. The number of phenols is 3. The molecule has 0 saturated carbocycles. The van der Waals surface area contributed by atoms with Gasteiger partial charge in [0.15, 0.2) is 23.6 Å². The summed E-state index contributed by atoms with van der Waals surface area (Å²) in [5.41, 5.74) is 0.817. The molecule has 0 aliphatic heterocycles. The summed E-state index contributed by atoms with van der Waals surface area (Å²) < 4.78 is 21.7. The van der Waals surface area contributed by atoms with Crippen molar-refractivity contribution in [2.75, 3.05) is 20.3 Å². The zero-order valence-electron chi connectivity index (χ0n) is 25.2. The van der Waals surface area contributed by atoms with E-state index in [-0.39, 0.29) is 46.0 Å². The summed E-state index contributed by atoms with van der Waals surface area (Å²) in [5.74, 6) is 0.477. The average Bonchev–Trinajstić information content (AvgIpc) is 3.01. The summed E-state index contributed by atoms with van der Waals surface area (Å²) in [4.78, 5) is 25.4. The van der Waals surface area contributed by atoms with Gasteiger partial charge in [0, 0.05) is 18.2 Å². The molecular weight excluding hydrogens is 566 g/mol. The molecule has 3 N–H and O–H groups in total. The number of unbranched alkanes of at least 4 members (excludes halogenated alkanes) is 2. The van der Waals surface area contributed by atoms with E-state index in [0.29, 0.717) is 35.8 Å². The number of ether oxygens (including phenoxy) is 4. The molecule has 0 saturated heterocycles. The molecule has 0 aliphatic carbocycles. The number of hydrogen-bond acceptors (Lipinski definition) is 11. The summed E-state index contributed by atoms with van der Waals surface area (Å²) >= 11 is 0. The van der Waals surface area contributed by atoms with Gasteiger partial charge in [-0.15, -0.1) is 0 Å². The van der Waals surface area contributed by atoms with Crippen LogP contribution in [-0.2, 0) is 9.53 Å². The maximum absolute atomic E-state index is 11.8. The number of methoxy groups -OCH3 is 1. The molecule has 0 radical (unpaired) electrons. The van der Waals surface area contributed by atoms with E-state index in [1.54, 1.807) is 30.3 Å². The van der Waals surface area contributed by atoms with E-state index in [1.807, 2.05) is 0 Å². The van der Waals surface area contributed by atoms with Gasteiger partial charge in [-0.05, 0) is 56.2 Å². The van der Waals surface area contributed by atoms with Crippen molar-refractivity contribution in [2.24, 2.45) is 0 Å². The first-order chi connectivity index (χ1) is 21.2.